The van der Waals surface area contributed by atoms with Gasteiger partial charge in [-0.3, -0.25) is 43.2 Å². The molecule has 149 heavy (non-hydrogen) atoms. The van der Waals surface area contributed by atoms with Crippen molar-refractivity contribution in [3.05, 3.63) is 176 Å². The van der Waals surface area contributed by atoms with Crippen LogP contribution in [0.1, 0.15) is 135 Å². The molecule has 16 rings (SSSR count). The predicted octanol–water partition coefficient (Wildman–Crippen LogP) is -1.26. The number of hydrogen-bond donors (Lipinski definition) is 28. The molecule has 808 valence electrons. The SMILES string of the molecule is CC(=O)N[C@H]1[C@H](O[C@@H]2c3ccc(c(Cl)c3)Oc3cc4cc(c3O[C@@H]3O[C@H](CO)[C@@H](O)[C@H](O)[C@H]3NC(=O)CCCCCCC(C)C)Oc3ccc(cc3Cl)C[C@H]3NC(=O)[C@H](N)c5ccc(O)c(c5)Oc5cc(O)cc(c5)[C@H](NC3=O)C(=O)N[C@H]4C(=O)N[C@H](c3ccc(O)cc3)C(=O)N[C@@H]2C(=O)N[C@H](C(=O)N2CCNCCNCCNCCNCCNCC2)c2cc(O)cc(O[C@H]3O[C@H](CO)[C@@H](O)[C@H](O)[C@@H]3O)c2)O[C@H](CO)[C@@H](O)[C@@H]1O. The molecule has 13 bridgehead atoms. The van der Waals surface area contributed by atoms with Gasteiger partial charge in [-0.15, -0.1) is 0 Å². The van der Waals surface area contributed by atoms with Crippen LogP contribution in [0.5, 0.6) is 69.0 Å². The Labute approximate surface area is 864 Å². The molecule has 29 N–H and O–H groups in total. The fourth-order valence-corrected chi connectivity index (χ4v) is 18.6. The summed E-state index contributed by atoms with van der Waals surface area (Å²) in [6, 6.07) is 5.06. The molecule has 0 spiro atoms. The number of halogens is 2. The van der Waals surface area contributed by atoms with Crippen molar-refractivity contribution in [2.45, 2.75) is 206 Å². The number of phenolic OH excluding ortho intramolecular Hbond substituents is 4. The number of aromatic hydroxyl groups is 4. The lowest BCUT2D eigenvalue weighted by Crippen LogP contribution is -2.65. The first-order valence-electron chi connectivity index (χ1n) is 49.0. The predicted molar refractivity (Wildman–Crippen MR) is 527 cm³/mol. The van der Waals surface area contributed by atoms with E-state index >= 15 is 28.8 Å². The summed E-state index contributed by atoms with van der Waals surface area (Å²) in [7, 11) is 0. The fraction of sp³-hybridized carbons (Fsp3) is 0.490. The van der Waals surface area contributed by atoms with Crippen LogP contribution in [0.15, 0.2) is 127 Å². The maximum atomic E-state index is 17.2. The second-order valence-corrected chi connectivity index (χ2v) is 38.4. The lowest BCUT2D eigenvalue weighted by Gasteiger charge is -2.44. The molecule has 23 atom stereocenters. The van der Waals surface area contributed by atoms with Crippen LogP contribution in [0.3, 0.4) is 0 Å². The Morgan fingerprint density at radius 1 is 0.470 bits per heavy atom. The minimum absolute atomic E-state index is 0.0415. The molecule has 9 aliphatic heterocycles. The van der Waals surface area contributed by atoms with Crippen molar-refractivity contribution in [3.8, 4) is 69.0 Å². The average molecular weight is 2120 g/mol. The number of unbranched alkanes of at least 4 members (excludes halogenated alkanes) is 3. The highest BCUT2D eigenvalue weighted by Crippen LogP contribution is 2.50. The molecule has 49 heteroatoms. The molecule has 47 nitrogen and oxygen atoms in total. The van der Waals surface area contributed by atoms with Crippen molar-refractivity contribution in [1.82, 2.24) is 74.0 Å². The second kappa shape index (κ2) is 52.0. The van der Waals surface area contributed by atoms with Crippen molar-refractivity contribution in [1.29, 1.82) is 0 Å². The average Bonchev–Trinajstić information content (AvgIpc) is 0.762. The zero-order valence-electron chi connectivity index (χ0n) is 81.4. The molecule has 9 aliphatic rings. The van der Waals surface area contributed by atoms with E-state index in [0.29, 0.717) is 71.1 Å². The van der Waals surface area contributed by atoms with Crippen LogP contribution in [0.2, 0.25) is 10.0 Å². The molecular weight excluding hydrogens is 1990 g/mol. The summed E-state index contributed by atoms with van der Waals surface area (Å²) in [5, 5.41) is 196. The van der Waals surface area contributed by atoms with Gasteiger partial charge in [-0.05, 0) is 136 Å². The number of nitrogens with one attached hydrogen (secondary N) is 13. The first-order chi connectivity index (χ1) is 71.4. The van der Waals surface area contributed by atoms with E-state index in [1.807, 2.05) is 0 Å². The lowest BCUT2D eigenvalue weighted by molar-refractivity contribution is -0.284. The summed E-state index contributed by atoms with van der Waals surface area (Å²) in [6.45, 7) is 6.13. The lowest BCUT2D eigenvalue weighted by atomic mass is 9.95. The molecule has 0 unspecified atom stereocenters. The smallest absolute Gasteiger partial charge is 0.249 e. The van der Waals surface area contributed by atoms with Gasteiger partial charge in [0.05, 0.1) is 29.9 Å². The van der Waals surface area contributed by atoms with Gasteiger partial charge in [-0.2, -0.15) is 0 Å². The second-order valence-electron chi connectivity index (χ2n) is 37.6. The maximum absolute atomic E-state index is 17.2. The molecule has 7 aromatic carbocycles. The first-order valence-corrected chi connectivity index (χ1v) is 49.8. The van der Waals surface area contributed by atoms with Gasteiger partial charge < -0.3 is 194 Å². The quantitative estimate of drug-likeness (QED) is 0.0333. The molecule has 9 heterocycles. The van der Waals surface area contributed by atoms with E-state index in [1.165, 1.54) is 41.3 Å². The summed E-state index contributed by atoms with van der Waals surface area (Å²) in [5.41, 5.74) is 4.96. The number of aliphatic hydroxyl groups is 10. The largest absolute Gasteiger partial charge is 0.508 e. The minimum Gasteiger partial charge on any atom is -0.508 e. The Morgan fingerprint density at radius 3 is 1.58 bits per heavy atom. The van der Waals surface area contributed by atoms with E-state index in [2.05, 4.69) is 83.0 Å². The molecule has 0 radical (unpaired) electrons. The number of nitrogens with zero attached hydrogens (tertiary/aromatic N) is 1. The Hall–Kier alpha value is -12.2. The number of rotatable bonds is 23. The summed E-state index contributed by atoms with van der Waals surface area (Å²) in [4.78, 5) is 144. The van der Waals surface area contributed by atoms with Crippen molar-refractivity contribution < 1.29 is 157 Å². The molecule has 7 aromatic rings. The summed E-state index contributed by atoms with van der Waals surface area (Å²) < 4.78 is 58.2. The normalized spacial score (nSPS) is 27.9. The topological polar surface area (TPSA) is 706 Å². The number of aliphatic hydroxyl groups excluding tert-OH is 10. The zero-order valence-corrected chi connectivity index (χ0v) is 82.9. The third kappa shape index (κ3) is 28.5. The Morgan fingerprint density at radius 2 is 0.987 bits per heavy atom. The molecular formula is C100H127Cl2N15O32. The van der Waals surface area contributed by atoms with Crippen molar-refractivity contribution in [2.75, 3.05) is 98.4 Å². The van der Waals surface area contributed by atoms with E-state index in [0.717, 1.165) is 117 Å². The Bertz CT molecular complexity index is 5830. The van der Waals surface area contributed by atoms with Gasteiger partial charge in [0.25, 0.3) is 0 Å². The van der Waals surface area contributed by atoms with Gasteiger partial charge >= 0.3 is 0 Å². The third-order valence-corrected chi connectivity index (χ3v) is 26.7. The maximum Gasteiger partial charge on any atom is 0.249 e. The molecule has 0 aromatic heterocycles. The van der Waals surface area contributed by atoms with E-state index < -0.39 is 282 Å². The number of phenols is 4. The number of ether oxygens (including phenoxy) is 9. The molecule has 4 fully saturated rings. The van der Waals surface area contributed by atoms with Gasteiger partial charge in [-0.1, -0.05) is 93.1 Å². The standard InChI is InChI=1S/C100H127Cl2N15O32/c1-47(2)8-6-4-5-7-9-73(126)111-80-86(131)83(128)71(45-119)146-99(80)149-90-68-40-55-41-69(90)144-66-19-14-52(38-62(66)102)89(148-98-79(109-48(3)121)85(130)82(127)70(44-118)145-98)81(96(139)115-78(54-35-58(124)43-60(37-54)142-100-88(133)87(132)84(129)72(46-120)147-100)97(140)117-30-28-107-26-24-105-22-20-104-21-23-106-25-27-108-29-31-117)116-93(136)75(50-11-15-56(122)16-12-50)113-95(138)77(55)114-94(137)76-53-34-57(123)42-59(36-53)141-67-39-51(13-17-64(67)125)74(103)92(135)110-63(91(134)112-76)33-49-10-18-65(143-68)61(101)32-49/h10-19,32,34-43,47,63,70-72,74-89,98-100,104-108,118-120,122-125,127-133H,4-9,20-31,33,44-46,103H2,1-3H3,(H,109,121)(H,110,135)(H,111,126)(H,112,134)(H,113,138)(H,114,137)(H,115,139)(H,116,136)/t63-,70-,71-,72-,74-,75-,76+,77-,78+,79-,80-,81+,82-,83-,84-,85-,86-,87+,88+,89-,98+,99+,100+/m1/s1. The molecule has 0 saturated carbocycles. The van der Waals surface area contributed by atoms with Crippen molar-refractivity contribution in [2.24, 2.45) is 11.7 Å². The summed E-state index contributed by atoms with van der Waals surface area (Å²) in [6.07, 6.45) is -25.0. The number of carbonyl (C=O) groups is 9. The van der Waals surface area contributed by atoms with Crippen LogP contribution in [0.25, 0.3) is 0 Å². The summed E-state index contributed by atoms with van der Waals surface area (Å²) >= 11 is 15.0. The number of hydrogen-bond acceptors (Lipinski definition) is 38. The molecule has 0 aliphatic carbocycles. The Balaban J connectivity index is 0.995. The fourth-order valence-electron chi connectivity index (χ4n) is 18.1. The van der Waals surface area contributed by atoms with Crippen LogP contribution in [-0.2, 0) is 68.5 Å². The number of amides is 9. The van der Waals surface area contributed by atoms with Gasteiger partial charge in [0.2, 0.25) is 71.5 Å². The van der Waals surface area contributed by atoms with Crippen LogP contribution in [-0.4, -0.2) is 332 Å². The summed E-state index contributed by atoms with van der Waals surface area (Å²) in [5.74, 6) is -16.5. The van der Waals surface area contributed by atoms with Crippen LogP contribution >= 0.6 is 23.2 Å². The Kier molecular flexibility index (Phi) is 39.2. The third-order valence-electron chi connectivity index (χ3n) is 26.2. The number of benzene rings is 7. The highest BCUT2D eigenvalue weighted by Gasteiger charge is 2.52. The van der Waals surface area contributed by atoms with E-state index in [-0.39, 0.29) is 88.3 Å². The van der Waals surface area contributed by atoms with Gasteiger partial charge in [0.1, 0.15) is 162 Å². The number of fused-ring (bicyclic) bond motifs is 15. The number of carbonyl (C=O) groups excluding carboxylic acids is 9. The molecule has 4 saturated heterocycles. The van der Waals surface area contributed by atoms with Crippen LogP contribution in [0, 0.1) is 5.92 Å². The van der Waals surface area contributed by atoms with Gasteiger partial charge in [-0.25, -0.2) is 0 Å². The minimum atomic E-state index is -2.57. The monoisotopic (exact) mass is 2120 g/mol. The van der Waals surface area contributed by atoms with Crippen molar-refractivity contribution >= 4 is 76.4 Å². The molecule has 9 amide bonds. The van der Waals surface area contributed by atoms with Gasteiger partial charge in [0.15, 0.2) is 29.3 Å². The van der Waals surface area contributed by atoms with E-state index in [9.17, 15) is 85.9 Å². The van der Waals surface area contributed by atoms with Gasteiger partial charge in [0, 0.05) is 110 Å². The van der Waals surface area contributed by atoms with E-state index in [1.54, 1.807) is 0 Å². The van der Waals surface area contributed by atoms with Crippen molar-refractivity contribution in [3.63, 3.8) is 0 Å². The van der Waals surface area contributed by atoms with Crippen LogP contribution in [0.4, 0.5) is 0 Å². The van der Waals surface area contributed by atoms with Crippen LogP contribution < -0.4 is 98.5 Å². The van der Waals surface area contributed by atoms with E-state index in [4.69, 9.17) is 71.6 Å². The number of nitrogens with two attached hydrogens (primary N) is 1. The highest BCUT2D eigenvalue weighted by molar-refractivity contribution is 6.32. The zero-order chi connectivity index (χ0) is 107. The first kappa shape index (κ1) is 112. The highest BCUT2D eigenvalue weighted by atomic mass is 35.5.